The lowest BCUT2D eigenvalue weighted by atomic mass is 10.2. The van der Waals surface area contributed by atoms with Gasteiger partial charge < -0.3 is 19.5 Å². The summed E-state index contributed by atoms with van der Waals surface area (Å²) < 4.78 is 10.3. The van der Waals surface area contributed by atoms with Gasteiger partial charge in [-0.2, -0.15) is 0 Å². The molecule has 1 N–H and O–H groups in total. The smallest absolute Gasteiger partial charge is 0.337 e. The number of rotatable bonds is 7. The summed E-state index contributed by atoms with van der Waals surface area (Å²) in [5.41, 5.74) is 1.15. The van der Waals surface area contributed by atoms with Crippen molar-refractivity contribution >= 4 is 11.9 Å². The molecule has 0 spiro atoms. The molecule has 154 valence electrons. The first-order valence-corrected chi connectivity index (χ1v) is 9.62. The fraction of sp³-hybridized carbons (Fsp3) is 0.364. The Morgan fingerprint density at radius 2 is 1.62 bits per heavy atom. The van der Waals surface area contributed by atoms with E-state index in [4.69, 9.17) is 4.74 Å². The van der Waals surface area contributed by atoms with E-state index in [9.17, 15) is 14.7 Å². The van der Waals surface area contributed by atoms with Crippen molar-refractivity contribution in [3.05, 3.63) is 65.7 Å². The molecule has 2 aromatic rings. The molecule has 0 saturated carbocycles. The summed E-state index contributed by atoms with van der Waals surface area (Å²) in [6.45, 7) is 3.33. The first-order chi connectivity index (χ1) is 14.1. The predicted octanol–water partition coefficient (Wildman–Crippen LogP) is 1.67. The highest BCUT2D eigenvalue weighted by Crippen LogP contribution is 2.14. The highest BCUT2D eigenvalue weighted by molar-refractivity contribution is 5.94. The third kappa shape index (κ3) is 5.79. The molecule has 0 unspecified atom stereocenters. The molecule has 7 nitrogen and oxygen atoms in total. The maximum Gasteiger partial charge on any atom is 0.337 e. The first kappa shape index (κ1) is 20.8. The van der Waals surface area contributed by atoms with Crippen molar-refractivity contribution in [1.82, 2.24) is 9.80 Å². The number of piperazine rings is 1. The molecule has 1 aliphatic rings. The Balaban J connectivity index is 1.40. The van der Waals surface area contributed by atoms with E-state index in [1.54, 1.807) is 24.3 Å². The molecule has 3 rings (SSSR count). The second-order valence-electron chi connectivity index (χ2n) is 6.94. The number of β-amino-alcohol motifs (C(OH)–C–C–N with tert-alkyl or cyclic N) is 1. The average Bonchev–Trinajstić information content (AvgIpc) is 2.78. The maximum absolute atomic E-state index is 12.5. The van der Waals surface area contributed by atoms with E-state index in [1.165, 1.54) is 7.11 Å². The van der Waals surface area contributed by atoms with E-state index in [0.717, 1.165) is 0 Å². The fourth-order valence-electron chi connectivity index (χ4n) is 3.25. The number of nitrogens with zero attached hydrogens (tertiary/aromatic N) is 2. The van der Waals surface area contributed by atoms with Gasteiger partial charge in [-0.3, -0.25) is 9.69 Å². The third-order valence-electron chi connectivity index (χ3n) is 4.87. The molecule has 0 bridgehead atoms. The van der Waals surface area contributed by atoms with Gasteiger partial charge in [0.2, 0.25) is 0 Å². The topological polar surface area (TPSA) is 79.3 Å². The first-order valence-electron chi connectivity index (χ1n) is 9.62. The van der Waals surface area contributed by atoms with Crippen molar-refractivity contribution in [2.45, 2.75) is 6.10 Å². The van der Waals surface area contributed by atoms with Crippen LogP contribution in [0.4, 0.5) is 0 Å². The number of ether oxygens (including phenoxy) is 2. The summed E-state index contributed by atoms with van der Waals surface area (Å²) >= 11 is 0. The molecule has 1 saturated heterocycles. The van der Waals surface area contributed by atoms with Gasteiger partial charge in [-0.25, -0.2) is 4.79 Å². The molecule has 7 heteroatoms. The summed E-state index contributed by atoms with van der Waals surface area (Å²) in [5.74, 6) is 0.223. The molecule has 1 atom stereocenters. The number of amides is 1. The largest absolute Gasteiger partial charge is 0.491 e. The van der Waals surface area contributed by atoms with Crippen molar-refractivity contribution in [2.75, 3.05) is 46.4 Å². The van der Waals surface area contributed by atoms with E-state index in [1.807, 2.05) is 35.2 Å². The Hall–Kier alpha value is -2.90. The molecule has 0 aliphatic carbocycles. The molecular weight excluding hydrogens is 372 g/mol. The summed E-state index contributed by atoms with van der Waals surface area (Å²) in [5, 5.41) is 10.3. The van der Waals surface area contributed by atoms with Crippen LogP contribution in [0.5, 0.6) is 5.75 Å². The van der Waals surface area contributed by atoms with Crippen molar-refractivity contribution in [2.24, 2.45) is 0 Å². The summed E-state index contributed by atoms with van der Waals surface area (Å²) in [7, 11) is 1.33. The van der Waals surface area contributed by atoms with E-state index in [-0.39, 0.29) is 12.5 Å². The van der Waals surface area contributed by atoms with E-state index in [0.29, 0.717) is 49.6 Å². The zero-order valence-corrected chi connectivity index (χ0v) is 16.5. The number of benzene rings is 2. The quantitative estimate of drug-likeness (QED) is 0.715. The molecular formula is C22H26N2O5. The van der Waals surface area contributed by atoms with E-state index in [2.05, 4.69) is 9.64 Å². The van der Waals surface area contributed by atoms with Gasteiger partial charge in [0.15, 0.2) is 0 Å². The van der Waals surface area contributed by atoms with Crippen molar-refractivity contribution < 1.29 is 24.2 Å². The minimum Gasteiger partial charge on any atom is -0.491 e. The number of aliphatic hydroxyl groups excluding tert-OH is 1. The van der Waals surface area contributed by atoms with Crippen LogP contribution < -0.4 is 4.74 Å². The Labute approximate surface area is 170 Å². The number of carbonyl (C=O) groups is 2. The number of methoxy groups -OCH3 is 1. The van der Waals surface area contributed by atoms with Gasteiger partial charge in [0.05, 0.1) is 12.7 Å². The second kappa shape index (κ2) is 10.0. The summed E-state index contributed by atoms with van der Waals surface area (Å²) in [6.07, 6.45) is -0.647. The Bertz CT molecular complexity index is 802. The Kier molecular flexibility index (Phi) is 7.21. The third-order valence-corrected chi connectivity index (χ3v) is 4.87. The monoisotopic (exact) mass is 398 g/mol. The van der Waals surface area contributed by atoms with Gasteiger partial charge in [0, 0.05) is 38.3 Å². The number of aliphatic hydroxyl groups is 1. The van der Waals surface area contributed by atoms with Crippen LogP contribution in [0.3, 0.4) is 0 Å². The lowest BCUT2D eigenvalue weighted by Crippen LogP contribution is -2.50. The highest BCUT2D eigenvalue weighted by atomic mass is 16.5. The molecule has 1 aliphatic heterocycles. The Morgan fingerprint density at radius 1 is 0.966 bits per heavy atom. The van der Waals surface area contributed by atoms with Crippen LogP contribution in [-0.2, 0) is 4.74 Å². The number of hydrogen-bond donors (Lipinski definition) is 1. The molecule has 1 heterocycles. The van der Waals surface area contributed by atoms with Crippen LogP contribution in [0.15, 0.2) is 54.6 Å². The maximum atomic E-state index is 12.5. The minimum atomic E-state index is -0.647. The predicted molar refractivity (Wildman–Crippen MR) is 108 cm³/mol. The summed E-state index contributed by atoms with van der Waals surface area (Å²) in [6, 6.07) is 15.9. The van der Waals surface area contributed by atoms with Crippen molar-refractivity contribution in [3.8, 4) is 5.75 Å². The summed E-state index contributed by atoms with van der Waals surface area (Å²) in [4.78, 5) is 27.9. The second-order valence-corrected chi connectivity index (χ2v) is 6.94. The van der Waals surface area contributed by atoms with E-state index >= 15 is 0 Å². The van der Waals surface area contributed by atoms with Gasteiger partial charge in [0.25, 0.3) is 5.91 Å². The van der Waals surface area contributed by atoms with Crippen LogP contribution in [0, 0.1) is 0 Å². The van der Waals surface area contributed by atoms with Crippen LogP contribution in [0.25, 0.3) is 0 Å². The molecule has 1 fully saturated rings. The number of esters is 1. The molecule has 0 radical (unpaired) electrons. The average molecular weight is 398 g/mol. The standard InChI is InChI=1S/C22H26N2O5/c1-28-22(27)18-7-9-20(10-8-18)29-16-19(25)15-23-11-13-24(14-12-23)21(26)17-5-3-2-4-6-17/h2-10,19,25H,11-16H2,1H3/t19-/m1/s1. The number of carbonyl (C=O) groups excluding carboxylic acids is 2. The molecule has 0 aromatic heterocycles. The van der Waals surface area contributed by atoms with Crippen molar-refractivity contribution in [1.29, 1.82) is 0 Å². The molecule has 2 aromatic carbocycles. The van der Waals surface area contributed by atoms with Crippen LogP contribution in [0.1, 0.15) is 20.7 Å². The zero-order valence-electron chi connectivity index (χ0n) is 16.5. The fourth-order valence-corrected chi connectivity index (χ4v) is 3.25. The van der Waals surface area contributed by atoms with Gasteiger partial charge in [-0.15, -0.1) is 0 Å². The lowest BCUT2D eigenvalue weighted by Gasteiger charge is -2.35. The zero-order chi connectivity index (χ0) is 20.6. The highest BCUT2D eigenvalue weighted by Gasteiger charge is 2.23. The van der Waals surface area contributed by atoms with Gasteiger partial charge in [0.1, 0.15) is 18.5 Å². The normalized spacial score (nSPS) is 15.6. The van der Waals surface area contributed by atoms with E-state index < -0.39 is 12.1 Å². The lowest BCUT2D eigenvalue weighted by molar-refractivity contribution is 0.0403. The Morgan fingerprint density at radius 3 is 2.24 bits per heavy atom. The van der Waals surface area contributed by atoms with Crippen LogP contribution >= 0.6 is 0 Å². The molecule has 1 amide bonds. The van der Waals surface area contributed by atoms with Gasteiger partial charge in [-0.05, 0) is 36.4 Å². The minimum absolute atomic E-state index is 0.0459. The number of hydrogen-bond acceptors (Lipinski definition) is 6. The van der Waals surface area contributed by atoms with Gasteiger partial charge >= 0.3 is 5.97 Å². The van der Waals surface area contributed by atoms with Crippen molar-refractivity contribution in [3.63, 3.8) is 0 Å². The molecule has 29 heavy (non-hydrogen) atoms. The van der Waals surface area contributed by atoms with Gasteiger partial charge in [-0.1, -0.05) is 18.2 Å². The SMILES string of the molecule is COC(=O)c1ccc(OC[C@H](O)CN2CCN(C(=O)c3ccccc3)CC2)cc1. The van der Waals surface area contributed by atoms with Crippen LogP contribution in [-0.4, -0.2) is 79.3 Å². The van der Waals surface area contributed by atoms with Crippen LogP contribution in [0.2, 0.25) is 0 Å².